The summed E-state index contributed by atoms with van der Waals surface area (Å²) in [4.78, 5) is 8.64. The van der Waals surface area contributed by atoms with Crippen LogP contribution in [0.5, 0.6) is 0 Å². The molecule has 2 aromatic heterocycles. The molecule has 7 nitrogen and oxygen atoms in total. The fourth-order valence-corrected chi connectivity index (χ4v) is 4.59. The van der Waals surface area contributed by atoms with Crippen LogP contribution in [0.1, 0.15) is 28.8 Å². The maximum absolute atomic E-state index is 11.4. The van der Waals surface area contributed by atoms with Gasteiger partial charge in [0.2, 0.25) is 5.89 Å². The van der Waals surface area contributed by atoms with Gasteiger partial charge in [0.05, 0.1) is 35.2 Å². The smallest absolute Gasteiger partial charge is 0.240 e. The maximum atomic E-state index is 11.4. The molecule has 21 heavy (non-hydrogen) atoms. The lowest BCUT2D eigenvalue weighted by atomic mass is 10.2. The molecule has 3 rings (SSSR count). The van der Waals surface area contributed by atoms with Crippen LogP contribution in [0.4, 0.5) is 0 Å². The van der Waals surface area contributed by atoms with Gasteiger partial charge in [0.1, 0.15) is 0 Å². The Bertz CT molecular complexity index is 722. The van der Waals surface area contributed by atoms with Crippen molar-refractivity contribution >= 4 is 21.2 Å². The first-order valence-corrected chi connectivity index (χ1v) is 9.36. The number of nitrogens with zero attached hydrogens (tertiary/aromatic N) is 3. The summed E-state index contributed by atoms with van der Waals surface area (Å²) in [7, 11) is -2.87. The molecule has 1 N–H and O–H groups in total. The first-order valence-electron chi connectivity index (χ1n) is 6.66. The van der Waals surface area contributed by atoms with Gasteiger partial charge in [-0.25, -0.2) is 13.4 Å². The van der Waals surface area contributed by atoms with Crippen molar-refractivity contribution in [3.05, 3.63) is 27.8 Å². The summed E-state index contributed by atoms with van der Waals surface area (Å²) >= 11 is 1.59. The highest BCUT2D eigenvalue weighted by Gasteiger charge is 2.27. The molecule has 0 amide bonds. The maximum Gasteiger partial charge on any atom is 0.240 e. The number of hydrogen-bond donors (Lipinski definition) is 1. The van der Waals surface area contributed by atoms with Gasteiger partial charge in [0.25, 0.3) is 0 Å². The number of thiazole rings is 1. The van der Waals surface area contributed by atoms with Crippen LogP contribution in [0.25, 0.3) is 0 Å². The zero-order valence-electron chi connectivity index (χ0n) is 11.6. The lowest BCUT2D eigenvalue weighted by Crippen LogP contribution is -2.29. The minimum absolute atomic E-state index is 0.0217. The lowest BCUT2D eigenvalue weighted by Gasteiger charge is -2.07. The molecular weight excluding hydrogens is 312 g/mol. The molecule has 0 spiro atoms. The second-order valence-electron chi connectivity index (χ2n) is 5.12. The minimum atomic E-state index is -2.87. The second kappa shape index (κ2) is 5.82. The van der Waals surface area contributed by atoms with Crippen molar-refractivity contribution in [3.63, 3.8) is 0 Å². The Balaban J connectivity index is 1.53. The normalized spacial score (nSPS) is 20.9. The molecule has 0 saturated carbocycles. The molecule has 1 aliphatic rings. The minimum Gasteiger partial charge on any atom is -0.338 e. The zero-order valence-corrected chi connectivity index (χ0v) is 13.2. The third-order valence-electron chi connectivity index (χ3n) is 3.29. The van der Waals surface area contributed by atoms with E-state index in [0.29, 0.717) is 31.1 Å². The summed E-state index contributed by atoms with van der Waals surface area (Å²) < 4.78 is 27.9. The van der Waals surface area contributed by atoms with E-state index in [0.717, 1.165) is 10.7 Å². The first-order chi connectivity index (χ1) is 10.00. The Morgan fingerprint density at radius 1 is 1.48 bits per heavy atom. The van der Waals surface area contributed by atoms with Crippen LogP contribution >= 0.6 is 11.3 Å². The van der Waals surface area contributed by atoms with E-state index in [1.807, 2.05) is 12.3 Å². The fourth-order valence-electron chi connectivity index (χ4n) is 2.27. The molecule has 0 radical (unpaired) electrons. The van der Waals surface area contributed by atoms with E-state index < -0.39 is 9.84 Å². The average molecular weight is 328 g/mol. The highest BCUT2D eigenvalue weighted by molar-refractivity contribution is 7.91. The molecular formula is C12H16N4O3S2. The molecule has 0 bridgehead atoms. The summed E-state index contributed by atoms with van der Waals surface area (Å²) in [5, 5.41) is 10.1. The molecule has 1 saturated heterocycles. The van der Waals surface area contributed by atoms with E-state index in [2.05, 4.69) is 20.4 Å². The van der Waals surface area contributed by atoms with Gasteiger partial charge >= 0.3 is 0 Å². The standard InChI is InChI=1S/C12H16N4O3S2/c1-8-14-10(6-20-8)4-11-15-12(19-16-11)5-13-9-2-3-21(17,18)7-9/h6,9,13H,2-5,7H2,1H3. The molecule has 0 aromatic carbocycles. The van der Waals surface area contributed by atoms with Crippen molar-refractivity contribution in [3.8, 4) is 0 Å². The Kier molecular flexibility index (Phi) is 4.05. The Labute approximate surface area is 126 Å². The van der Waals surface area contributed by atoms with Crippen molar-refractivity contribution < 1.29 is 12.9 Å². The Hall–Kier alpha value is -1.32. The number of rotatable bonds is 5. The Morgan fingerprint density at radius 3 is 3.00 bits per heavy atom. The van der Waals surface area contributed by atoms with Gasteiger partial charge in [0, 0.05) is 11.4 Å². The predicted molar refractivity (Wildman–Crippen MR) is 77.9 cm³/mol. The number of aryl methyl sites for hydroxylation is 1. The van der Waals surface area contributed by atoms with Crippen molar-refractivity contribution in [2.45, 2.75) is 32.4 Å². The van der Waals surface area contributed by atoms with Crippen LogP contribution in [0.3, 0.4) is 0 Å². The van der Waals surface area contributed by atoms with Crippen LogP contribution < -0.4 is 5.32 Å². The van der Waals surface area contributed by atoms with Crippen molar-refractivity contribution in [1.29, 1.82) is 0 Å². The van der Waals surface area contributed by atoms with Gasteiger partial charge in [-0.05, 0) is 13.3 Å². The third kappa shape index (κ3) is 3.86. The molecule has 9 heteroatoms. The van der Waals surface area contributed by atoms with Crippen LogP contribution in [-0.4, -0.2) is 41.1 Å². The summed E-state index contributed by atoms with van der Waals surface area (Å²) in [5.41, 5.74) is 0.930. The molecule has 3 heterocycles. The van der Waals surface area contributed by atoms with Gasteiger partial charge in [-0.2, -0.15) is 4.98 Å². The summed E-state index contributed by atoms with van der Waals surface area (Å²) in [6.07, 6.45) is 1.19. The number of aromatic nitrogens is 3. The van der Waals surface area contributed by atoms with Gasteiger partial charge in [-0.3, -0.25) is 0 Å². The lowest BCUT2D eigenvalue weighted by molar-refractivity contribution is 0.356. The van der Waals surface area contributed by atoms with E-state index in [4.69, 9.17) is 4.52 Å². The van der Waals surface area contributed by atoms with E-state index in [1.165, 1.54) is 0 Å². The topological polar surface area (TPSA) is 98.0 Å². The van der Waals surface area contributed by atoms with E-state index >= 15 is 0 Å². The quantitative estimate of drug-likeness (QED) is 0.862. The second-order valence-corrected chi connectivity index (χ2v) is 8.41. The van der Waals surface area contributed by atoms with E-state index in [1.54, 1.807) is 11.3 Å². The van der Waals surface area contributed by atoms with Crippen molar-refractivity contribution in [1.82, 2.24) is 20.4 Å². The van der Waals surface area contributed by atoms with Gasteiger partial charge in [-0.15, -0.1) is 11.3 Å². The highest BCUT2D eigenvalue weighted by Crippen LogP contribution is 2.13. The van der Waals surface area contributed by atoms with E-state index in [9.17, 15) is 8.42 Å². The molecule has 0 aliphatic carbocycles. The van der Waals surface area contributed by atoms with Crippen LogP contribution in [0, 0.1) is 6.92 Å². The Morgan fingerprint density at radius 2 is 2.33 bits per heavy atom. The number of sulfone groups is 1. The fraction of sp³-hybridized carbons (Fsp3) is 0.583. The average Bonchev–Trinajstić information content (AvgIpc) is 3.10. The largest absolute Gasteiger partial charge is 0.338 e. The molecule has 2 aromatic rings. The van der Waals surface area contributed by atoms with Crippen LogP contribution in [-0.2, 0) is 22.8 Å². The highest BCUT2D eigenvalue weighted by atomic mass is 32.2. The van der Waals surface area contributed by atoms with Gasteiger partial charge in [-0.1, -0.05) is 5.16 Å². The van der Waals surface area contributed by atoms with Gasteiger partial charge in [0.15, 0.2) is 15.7 Å². The first kappa shape index (κ1) is 14.6. The molecule has 1 unspecified atom stereocenters. The van der Waals surface area contributed by atoms with Crippen molar-refractivity contribution in [2.24, 2.45) is 0 Å². The van der Waals surface area contributed by atoms with Crippen LogP contribution in [0.15, 0.2) is 9.90 Å². The number of nitrogens with one attached hydrogen (secondary N) is 1. The third-order valence-corrected chi connectivity index (χ3v) is 5.88. The summed E-state index contributed by atoms with van der Waals surface area (Å²) in [6, 6.07) is -0.0217. The molecule has 114 valence electrons. The molecule has 1 atom stereocenters. The SMILES string of the molecule is Cc1nc(Cc2noc(CNC3CCS(=O)(=O)C3)n2)cs1. The number of hydrogen-bond acceptors (Lipinski definition) is 8. The predicted octanol–water partition coefficient (Wildman–Crippen LogP) is 0.702. The van der Waals surface area contributed by atoms with Crippen molar-refractivity contribution in [2.75, 3.05) is 11.5 Å². The van der Waals surface area contributed by atoms with Crippen LogP contribution in [0.2, 0.25) is 0 Å². The zero-order chi connectivity index (χ0) is 14.9. The summed E-state index contributed by atoms with van der Waals surface area (Å²) in [6.45, 7) is 2.35. The van der Waals surface area contributed by atoms with Gasteiger partial charge < -0.3 is 9.84 Å². The molecule has 1 aliphatic heterocycles. The molecule has 1 fully saturated rings. The monoisotopic (exact) mass is 328 g/mol. The summed E-state index contributed by atoms with van der Waals surface area (Å²) in [5.74, 6) is 1.51. The van der Waals surface area contributed by atoms with E-state index in [-0.39, 0.29) is 17.5 Å².